The molecule has 4 rings (SSSR count). The summed E-state index contributed by atoms with van der Waals surface area (Å²) in [6, 6.07) is 11.2. The first-order chi connectivity index (χ1) is 11.6. The second-order valence-electron chi connectivity index (χ2n) is 5.92. The van der Waals surface area contributed by atoms with Crippen molar-refractivity contribution in [2.24, 2.45) is 0 Å². The fourth-order valence-electron chi connectivity index (χ4n) is 3.09. The van der Waals surface area contributed by atoms with Crippen LogP contribution in [0.3, 0.4) is 0 Å². The van der Waals surface area contributed by atoms with Gasteiger partial charge in [0.15, 0.2) is 0 Å². The van der Waals surface area contributed by atoms with Crippen molar-refractivity contribution in [1.82, 2.24) is 9.55 Å². The quantitative estimate of drug-likeness (QED) is 0.724. The van der Waals surface area contributed by atoms with Crippen molar-refractivity contribution in [1.29, 1.82) is 0 Å². The second kappa shape index (κ2) is 5.94. The molecule has 1 aromatic heterocycles. The standard InChI is InChI=1S/C18H16BrN3O2/c19-14-4-1-3-11(17(14)23)10-20-12-6-7-15-13(9-12)18(24)22-8-2-5-16(22)21-15/h1,3-4,6-7,9,20,23H,2,5,8,10H2. The van der Waals surface area contributed by atoms with Gasteiger partial charge in [-0.15, -0.1) is 0 Å². The highest BCUT2D eigenvalue weighted by molar-refractivity contribution is 9.10. The molecule has 122 valence electrons. The minimum absolute atomic E-state index is 0.0291. The Labute approximate surface area is 147 Å². The number of anilines is 1. The minimum Gasteiger partial charge on any atom is -0.506 e. The fourth-order valence-corrected chi connectivity index (χ4v) is 3.50. The lowest BCUT2D eigenvalue weighted by atomic mass is 10.2. The molecule has 0 atom stereocenters. The van der Waals surface area contributed by atoms with Gasteiger partial charge in [-0.3, -0.25) is 9.36 Å². The van der Waals surface area contributed by atoms with Crippen molar-refractivity contribution >= 4 is 32.5 Å². The number of rotatable bonds is 3. The summed E-state index contributed by atoms with van der Waals surface area (Å²) in [5, 5.41) is 13.9. The van der Waals surface area contributed by atoms with Gasteiger partial charge >= 0.3 is 0 Å². The summed E-state index contributed by atoms with van der Waals surface area (Å²) in [5.74, 6) is 1.11. The fraction of sp³-hybridized carbons (Fsp3) is 0.222. The molecule has 0 unspecified atom stereocenters. The first-order valence-electron chi connectivity index (χ1n) is 7.87. The smallest absolute Gasteiger partial charge is 0.261 e. The van der Waals surface area contributed by atoms with E-state index in [1.807, 2.05) is 30.3 Å². The summed E-state index contributed by atoms with van der Waals surface area (Å²) in [6.45, 7) is 1.22. The third-order valence-electron chi connectivity index (χ3n) is 4.37. The van der Waals surface area contributed by atoms with Gasteiger partial charge in [0.05, 0.1) is 15.4 Å². The van der Waals surface area contributed by atoms with Crippen LogP contribution in [0.1, 0.15) is 17.8 Å². The molecule has 1 aliphatic heterocycles. The zero-order valence-corrected chi connectivity index (χ0v) is 14.5. The molecule has 2 aromatic carbocycles. The number of para-hydroxylation sites is 1. The molecule has 0 amide bonds. The third kappa shape index (κ3) is 2.57. The lowest BCUT2D eigenvalue weighted by Gasteiger charge is -2.10. The van der Waals surface area contributed by atoms with Gasteiger partial charge in [-0.05, 0) is 46.6 Å². The maximum Gasteiger partial charge on any atom is 0.261 e. The molecule has 0 saturated carbocycles. The number of phenols is 1. The van der Waals surface area contributed by atoms with Crippen LogP contribution in [-0.4, -0.2) is 14.7 Å². The number of aromatic nitrogens is 2. The average Bonchev–Trinajstić information content (AvgIpc) is 3.05. The highest BCUT2D eigenvalue weighted by Gasteiger charge is 2.16. The highest BCUT2D eigenvalue weighted by atomic mass is 79.9. The van der Waals surface area contributed by atoms with E-state index in [2.05, 4.69) is 26.2 Å². The highest BCUT2D eigenvalue weighted by Crippen LogP contribution is 2.28. The van der Waals surface area contributed by atoms with Crippen molar-refractivity contribution < 1.29 is 5.11 Å². The van der Waals surface area contributed by atoms with E-state index < -0.39 is 0 Å². The summed E-state index contributed by atoms with van der Waals surface area (Å²) < 4.78 is 2.44. The van der Waals surface area contributed by atoms with Crippen molar-refractivity contribution in [2.75, 3.05) is 5.32 Å². The van der Waals surface area contributed by atoms with Crippen LogP contribution in [0.5, 0.6) is 5.75 Å². The van der Waals surface area contributed by atoms with Crippen LogP contribution in [-0.2, 0) is 19.5 Å². The monoisotopic (exact) mass is 385 g/mol. The van der Waals surface area contributed by atoms with Crippen molar-refractivity contribution in [3.63, 3.8) is 0 Å². The molecular weight excluding hydrogens is 370 g/mol. The number of benzene rings is 2. The molecule has 0 fully saturated rings. The van der Waals surface area contributed by atoms with Crippen molar-refractivity contribution in [2.45, 2.75) is 25.9 Å². The Morgan fingerprint density at radius 3 is 3.04 bits per heavy atom. The third-order valence-corrected chi connectivity index (χ3v) is 5.01. The van der Waals surface area contributed by atoms with Gasteiger partial charge in [0.2, 0.25) is 0 Å². The van der Waals surface area contributed by atoms with Gasteiger partial charge in [0.1, 0.15) is 11.6 Å². The van der Waals surface area contributed by atoms with E-state index in [1.54, 1.807) is 10.6 Å². The first kappa shape index (κ1) is 15.2. The van der Waals surface area contributed by atoms with E-state index >= 15 is 0 Å². The maximum atomic E-state index is 12.6. The van der Waals surface area contributed by atoms with E-state index in [1.165, 1.54) is 0 Å². The van der Waals surface area contributed by atoms with E-state index in [9.17, 15) is 9.90 Å². The van der Waals surface area contributed by atoms with E-state index in [-0.39, 0.29) is 11.3 Å². The van der Waals surface area contributed by atoms with Crippen molar-refractivity contribution in [3.05, 3.63) is 62.6 Å². The number of aromatic hydroxyl groups is 1. The largest absolute Gasteiger partial charge is 0.506 e. The number of hydrogen-bond donors (Lipinski definition) is 2. The Morgan fingerprint density at radius 1 is 1.29 bits per heavy atom. The van der Waals surface area contributed by atoms with Gasteiger partial charge in [-0.1, -0.05) is 12.1 Å². The molecule has 2 heterocycles. The molecule has 0 spiro atoms. The van der Waals surface area contributed by atoms with E-state index in [0.717, 1.165) is 42.0 Å². The molecule has 0 bridgehead atoms. The van der Waals surface area contributed by atoms with Crippen LogP contribution >= 0.6 is 15.9 Å². The topological polar surface area (TPSA) is 67.2 Å². The molecule has 0 aliphatic carbocycles. The molecule has 1 aliphatic rings. The van der Waals surface area contributed by atoms with E-state index in [4.69, 9.17) is 0 Å². The van der Waals surface area contributed by atoms with E-state index in [0.29, 0.717) is 16.4 Å². The molecule has 24 heavy (non-hydrogen) atoms. The molecule has 0 saturated heterocycles. The predicted octanol–water partition coefficient (Wildman–Crippen LogP) is 3.42. The summed E-state index contributed by atoms with van der Waals surface area (Å²) in [5.41, 5.74) is 2.39. The van der Waals surface area contributed by atoms with Crippen LogP contribution in [0.2, 0.25) is 0 Å². The van der Waals surface area contributed by atoms with Gasteiger partial charge in [0.25, 0.3) is 5.56 Å². The summed E-state index contributed by atoms with van der Waals surface area (Å²) >= 11 is 3.31. The number of halogens is 1. The zero-order chi connectivity index (χ0) is 16.7. The van der Waals surface area contributed by atoms with Crippen LogP contribution in [0, 0.1) is 0 Å². The number of nitrogens with one attached hydrogen (secondary N) is 1. The molecule has 2 N–H and O–H groups in total. The van der Waals surface area contributed by atoms with Crippen molar-refractivity contribution in [3.8, 4) is 5.75 Å². The van der Waals surface area contributed by atoms with Crippen LogP contribution < -0.4 is 10.9 Å². The lowest BCUT2D eigenvalue weighted by Crippen LogP contribution is -2.21. The lowest BCUT2D eigenvalue weighted by molar-refractivity contribution is 0.465. The molecule has 6 heteroatoms. The van der Waals surface area contributed by atoms with Crippen LogP contribution in [0.15, 0.2) is 45.7 Å². The molecule has 3 aromatic rings. The predicted molar refractivity (Wildman–Crippen MR) is 97.5 cm³/mol. The first-order valence-corrected chi connectivity index (χ1v) is 8.66. The Kier molecular flexibility index (Phi) is 3.76. The zero-order valence-electron chi connectivity index (χ0n) is 12.9. The SMILES string of the molecule is O=c1c2cc(NCc3cccc(Br)c3O)ccc2nc2n1CCC2. The molecular formula is C18H16BrN3O2. The van der Waals surface area contributed by atoms with Crippen LogP contribution in [0.25, 0.3) is 10.9 Å². The summed E-state index contributed by atoms with van der Waals surface area (Å²) in [4.78, 5) is 17.2. The number of phenolic OH excluding ortho intramolecular Hbond substituents is 1. The Morgan fingerprint density at radius 2 is 2.17 bits per heavy atom. The Hall–Kier alpha value is -2.34. The Bertz CT molecular complexity index is 997. The number of aryl methyl sites for hydroxylation is 1. The minimum atomic E-state index is 0.0291. The summed E-state index contributed by atoms with van der Waals surface area (Å²) in [6.07, 6.45) is 1.85. The van der Waals surface area contributed by atoms with Gasteiger partial charge in [-0.25, -0.2) is 4.98 Å². The van der Waals surface area contributed by atoms with Crippen LogP contribution in [0.4, 0.5) is 5.69 Å². The molecule has 5 nitrogen and oxygen atoms in total. The second-order valence-corrected chi connectivity index (χ2v) is 6.78. The van der Waals surface area contributed by atoms with Gasteiger partial charge < -0.3 is 10.4 Å². The van der Waals surface area contributed by atoms with Gasteiger partial charge in [-0.2, -0.15) is 0 Å². The number of nitrogens with zero attached hydrogens (tertiary/aromatic N) is 2. The number of hydrogen-bond acceptors (Lipinski definition) is 4. The average molecular weight is 386 g/mol. The maximum absolute atomic E-state index is 12.6. The normalized spacial score (nSPS) is 13.2. The molecule has 0 radical (unpaired) electrons. The Balaban J connectivity index is 1.66. The van der Waals surface area contributed by atoms with Gasteiger partial charge in [0, 0.05) is 30.8 Å². The summed E-state index contributed by atoms with van der Waals surface area (Å²) in [7, 11) is 0. The number of fused-ring (bicyclic) bond motifs is 2.